The van der Waals surface area contributed by atoms with E-state index in [9.17, 15) is 9.59 Å². The summed E-state index contributed by atoms with van der Waals surface area (Å²) < 4.78 is 11.3. The van der Waals surface area contributed by atoms with Crippen LogP contribution < -0.4 is 9.47 Å². The zero-order valence-corrected chi connectivity index (χ0v) is 22.0. The number of hydrogen-bond acceptors (Lipinski definition) is 5. The van der Waals surface area contributed by atoms with Crippen molar-refractivity contribution in [3.63, 3.8) is 0 Å². The first-order chi connectivity index (χ1) is 17.0. The van der Waals surface area contributed by atoms with E-state index in [0.717, 1.165) is 50.0 Å². The largest absolute Gasteiger partial charge is 0.423 e. The summed E-state index contributed by atoms with van der Waals surface area (Å²) in [7, 11) is 0. The van der Waals surface area contributed by atoms with Crippen molar-refractivity contribution in [1.29, 1.82) is 0 Å². The lowest BCUT2D eigenvalue weighted by atomic mass is 9.84. The third kappa shape index (κ3) is 6.54. The summed E-state index contributed by atoms with van der Waals surface area (Å²) in [6.45, 7) is 7.44. The topological polar surface area (TPSA) is 55.8 Å². The molecule has 3 aromatic carbocycles. The molecule has 0 saturated carbocycles. The first kappa shape index (κ1) is 27.4. The van der Waals surface area contributed by atoms with Gasteiger partial charge >= 0.3 is 11.9 Å². The molecule has 5 nitrogen and oxygen atoms in total. The maximum absolute atomic E-state index is 12.0. The summed E-state index contributed by atoms with van der Waals surface area (Å²) in [5.41, 5.74) is 5.80. The van der Waals surface area contributed by atoms with E-state index in [1.165, 1.54) is 30.5 Å². The van der Waals surface area contributed by atoms with Crippen molar-refractivity contribution in [3.05, 3.63) is 94.5 Å². The molecule has 0 fully saturated rings. The summed E-state index contributed by atoms with van der Waals surface area (Å²) in [6.07, 6.45) is 2.45. The van der Waals surface area contributed by atoms with Crippen LogP contribution >= 0.6 is 12.4 Å². The van der Waals surface area contributed by atoms with Crippen LogP contribution in [-0.2, 0) is 29.0 Å². The number of rotatable bonds is 7. The van der Waals surface area contributed by atoms with Gasteiger partial charge in [0.05, 0.1) is 0 Å². The molecule has 1 atom stereocenters. The van der Waals surface area contributed by atoms with E-state index >= 15 is 0 Å². The van der Waals surface area contributed by atoms with Gasteiger partial charge in [-0.05, 0) is 41.2 Å². The van der Waals surface area contributed by atoms with Crippen LogP contribution in [0.3, 0.4) is 0 Å². The minimum absolute atomic E-state index is 0. The molecule has 0 amide bonds. The fraction of sp³-hybridized carbons (Fsp3) is 0.333. The van der Waals surface area contributed by atoms with Gasteiger partial charge in [-0.25, -0.2) is 0 Å². The molecule has 1 aliphatic rings. The highest BCUT2D eigenvalue weighted by atomic mass is 35.5. The lowest BCUT2D eigenvalue weighted by molar-refractivity contribution is -0.134. The predicted octanol–water partition coefficient (Wildman–Crippen LogP) is 6.10. The molecule has 0 N–H and O–H groups in total. The highest BCUT2D eigenvalue weighted by Gasteiger charge is 2.30. The Bertz CT molecular complexity index is 1180. The maximum Gasteiger partial charge on any atom is 0.308 e. The number of esters is 2. The van der Waals surface area contributed by atoms with Crippen molar-refractivity contribution in [3.8, 4) is 11.5 Å². The second-order valence-electron chi connectivity index (χ2n) is 9.12. The Morgan fingerprint density at radius 1 is 0.944 bits per heavy atom. The number of halogens is 1. The Balaban J connectivity index is 0.00000361. The number of ether oxygens (including phenoxy) is 2. The number of carbonyl (C=O) groups is 2. The van der Waals surface area contributed by atoms with Gasteiger partial charge in [-0.15, -0.1) is 12.4 Å². The molecule has 0 aromatic heterocycles. The van der Waals surface area contributed by atoms with E-state index in [1.54, 1.807) is 0 Å². The number of hydrogen-bond donors (Lipinski definition) is 0. The van der Waals surface area contributed by atoms with Gasteiger partial charge in [-0.2, -0.15) is 0 Å². The van der Waals surface area contributed by atoms with Crippen molar-refractivity contribution < 1.29 is 19.1 Å². The molecular weight excluding hydrogens is 474 g/mol. The lowest BCUT2D eigenvalue weighted by Crippen LogP contribution is -2.28. The highest BCUT2D eigenvalue weighted by Crippen LogP contribution is 2.43. The van der Waals surface area contributed by atoms with Crippen LogP contribution in [0, 0.1) is 0 Å². The quantitative estimate of drug-likeness (QED) is 0.285. The van der Waals surface area contributed by atoms with Crippen LogP contribution in [0.2, 0.25) is 0 Å². The Kier molecular flexibility index (Phi) is 9.68. The summed E-state index contributed by atoms with van der Waals surface area (Å²) in [5, 5.41) is 0. The molecule has 6 heteroatoms. The van der Waals surface area contributed by atoms with Gasteiger partial charge in [0, 0.05) is 45.0 Å². The van der Waals surface area contributed by atoms with Crippen molar-refractivity contribution in [2.24, 2.45) is 0 Å². The van der Waals surface area contributed by atoms with Crippen molar-refractivity contribution in [2.75, 3.05) is 13.1 Å². The average Bonchev–Trinajstić information content (AvgIpc) is 3.01. The molecule has 0 bridgehead atoms. The molecule has 3 aromatic rings. The zero-order valence-electron chi connectivity index (χ0n) is 21.2. The van der Waals surface area contributed by atoms with Crippen LogP contribution in [0.15, 0.2) is 66.7 Å². The highest BCUT2D eigenvalue weighted by molar-refractivity contribution is 5.85. The first-order valence-corrected chi connectivity index (χ1v) is 12.3. The summed E-state index contributed by atoms with van der Waals surface area (Å²) in [4.78, 5) is 26.5. The molecule has 1 unspecified atom stereocenters. The third-order valence-corrected chi connectivity index (χ3v) is 6.44. The number of fused-ring (bicyclic) bond motifs is 1. The van der Waals surface area contributed by atoms with E-state index in [0.29, 0.717) is 11.5 Å². The minimum Gasteiger partial charge on any atom is -0.423 e. The van der Waals surface area contributed by atoms with E-state index in [-0.39, 0.29) is 18.3 Å². The van der Waals surface area contributed by atoms with Gasteiger partial charge in [0.25, 0.3) is 0 Å². The monoisotopic (exact) mass is 507 g/mol. The maximum atomic E-state index is 12.0. The van der Waals surface area contributed by atoms with Crippen LogP contribution in [0.1, 0.15) is 60.9 Å². The van der Waals surface area contributed by atoms with Gasteiger partial charge < -0.3 is 9.47 Å². The molecular formula is C30H34ClNO4. The lowest BCUT2D eigenvalue weighted by Gasteiger charge is -2.26. The third-order valence-electron chi connectivity index (χ3n) is 6.44. The fourth-order valence-corrected chi connectivity index (χ4v) is 5.03. The van der Waals surface area contributed by atoms with Crippen LogP contribution in [0.5, 0.6) is 11.5 Å². The molecule has 0 spiro atoms. The van der Waals surface area contributed by atoms with Gasteiger partial charge in [0.1, 0.15) is 0 Å². The first-order valence-electron chi connectivity index (χ1n) is 12.3. The second-order valence-corrected chi connectivity index (χ2v) is 9.12. The molecule has 0 radical (unpaired) electrons. The molecule has 0 saturated heterocycles. The van der Waals surface area contributed by atoms with Crippen molar-refractivity contribution in [2.45, 2.75) is 52.5 Å². The Morgan fingerprint density at radius 2 is 1.58 bits per heavy atom. The van der Waals surface area contributed by atoms with Crippen LogP contribution in [-0.4, -0.2) is 29.9 Å². The SMILES string of the molecule is CCCc1c2c(cc(OC(C)=O)c1OC(C)=O)C(c1ccccc1)CN(Cc1ccccc1)CC2.Cl. The van der Waals surface area contributed by atoms with E-state index in [1.807, 2.05) is 18.2 Å². The van der Waals surface area contributed by atoms with E-state index in [4.69, 9.17) is 9.47 Å². The Hall–Kier alpha value is -3.15. The van der Waals surface area contributed by atoms with Crippen LogP contribution in [0.25, 0.3) is 0 Å². The van der Waals surface area contributed by atoms with Gasteiger partial charge in [-0.3, -0.25) is 14.5 Å². The molecule has 4 rings (SSSR count). The number of carbonyl (C=O) groups excluding carboxylic acids is 2. The molecule has 36 heavy (non-hydrogen) atoms. The number of benzene rings is 3. The Labute approximate surface area is 219 Å². The standard InChI is InChI=1S/C30H33NO4.ClH/c1-4-11-26-25-16-17-31(19-23-12-7-5-8-13-23)20-28(24-14-9-6-10-15-24)27(25)18-29(34-21(2)32)30(26)35-22(3)33;/h5-10,12-15,18,28H,4,11,16-17,19-20H2,1-3H3;1H. The normalized spacial score (nSPS) is 15.2. The Morgan fingerprint density at radius 3 is 2.19 bits per heavy atom. The van der Waals surface area contributed by atoms with Gasteiger partial charge in [0.15, 0.2) is 11.5 Å². The number of nitrogens with zero attached hydrogens (tertiary/aromatic N) is 1. The zero-order chi connectivity index (χ0) is 24.8. The van der Waals surface area contributed by atoms with E-state index < -0.39 is 11.9 Å². The van der Waals surface area contributed by atoms with Crippen LogP contribution in [0.4, 0.5) is 0 Å². The summed E-state index contributed by atoms with van der Waals surface area (Å²) >= 11 is 0. The fourth-order valence-electron chi connectivity index (χ4n) is 5.03. The minimum atomic E-state index is -0.434. The van der Waals surface area contributed by atoms with E-state index in [2.05, 4.69) is 60.4 Å². The smallest absolute Gasteiger partial charge is 0.308 e. The molecule has 1 aliphatic heterocycles. The molecule has 0 aliphatic carbocycles. The molecule has 1 heterocycles. The van der Waals surface area contributed by atoms with Crippen molar-refractivity contribution >= 4 is 24.3 Å². The predicted molar refractivity (Wildman–Crippen MR) is 144 cm³/mol. The summed E-state index contributed by atoms with van der Waals surface area (Å²) in [5.74, 6) is -0.0521. The molecule has 190 valence electrons. The summed E-state index contributed by atoms with van der Waals surface area (Å²) in [6, 6.07) is 22.9. The van der Waals surface area contributed by atoms with Crippen molar-refractivity contribution in [1.82, 2.24) is 4.90 Å². The second kappa shape index (κ2) is 12.7. The van der Waals surface area contributed by atoms with Gasteiger partial charge in [0.2, 0.25) is 0 Å². The van der Waals surface area contributed by atoms with Gasteiger partial charge in [-0.1, -0.05) is 74.0 Å². The average molecular weight is 508 g/mol.